The van der Waals surface area contributed by atoms with E-state index in [-0.39, 0.29) is 16.9 Å². The smallest absolute Gasteiger partial charge is 0.300 e. The van der Waals surface area contributed by atoms with Crippen LogP contribution in [-0.2, 0) is 9.59 Å². The fourth-order valence-electron chi connectivity index (χ4n) is 4.03. The van der Waals surface area contributed by atoms with Crippen LogP contribution in [0.2, 0.25) is 0 Å². The van der Waals surface area contributed by atoms with Crippen molar-refractivity contribution in [1.29, 1.82) is 0 Å². The molecule has 1 aliphatic rings. The zero-order valence-electron chi connectivity index (χ0n) is 19.2. The van der Waals surface area contributed by atoms with E-state index < -0.39 is 23.5 Å². The molecule has 3 aromatic carbocycles. The second kappa shape index (κ2) is 9.39. The standard InChI is InChI=1S/C27H25FN2O4/c1-4-34-22-7-5-6-18(16-22)24-23(25(31)17-8-10-19(28)11-9-17)26(32)27(33)30(24)21-14-12-20(13-15-21)29(2)3/h5-16,24,31H,4H2,1-3H3/b25-23-. The summed E-state index contributed by atoms with van der Waals surface area (Å²) >= 11 is 0. The number of halogens is 1. The average molecular weight is 461 g/mol. The number of hydrogen-bond acceptors (Lipinski definition) is 5. The number of amides is 1. The lowest BCUT2D eigenvalue weighted by Crippen LogP contribution is -2.29. The molecule has 1 saturated heterocycles. The molecule has 3 aromatic rings. The molecule has 174 valence electrons. The van der Waals surface area contributed by atoms with E-state index in [9.17, 15) is 19.1 Å². The number of rotatable bonds is 6. The van der Waals surface area contributed by atoms with E-state index in [4.69, 9.17) is 4.74 Å². The van der Waals surface area contributed by atoms with E-state index in [1.807, 2.05) is 38.1 Å². The van der Waals surface area contributed by atoms with Gasteiger partial charge < -0.3 is 14.7 Å². The highest BCUT2D eigenvalue weighted by Crippen LogP contribution is 2.43. The molecule has 7 heteroatoms. The predicted octanol–water partition coefficient (Wildman–Crippen LogP) is 4.92. The maximum atomic E-state index is 13.5. The van der Waals surface area contributed by atoms with E-state index in [1.54, 1.807) is 36.4 Å². The second-order valence-corrected chi connectivity index (χ2v) is 8.09. The Morgan fingerprint density at radius 3 is 2.32 bits per heavy atom. The summed E-state index contributed by atoms with van der Waals surface area (Å²) in [5.74, 6) is -1.83. The van der Waals surface area contributed by atoms with E-state index in [0.717, 1.165) is 5.69 Å². The molecule has 1 amide bonds. The number of nitrogens with zero attached hydrogens (tertiary/aromatic N) is 2. The number of ketones is 1. The van der Waals surface area contributed by atoms with Crippen LogP contribution < -0.4 is 14.5 Å². The SMILES string of the molecule is CCOc1cccc(C2/C(=C(/O)c3ccc(F)cc3)C(=O)C(=O)N2c2ccc(N(C)C)cc2)c1. The van der Waals surface area contributed by atoms with Gasteiger partial charge in [-0.1, -0.05) is 12.1 Å². The number of ether oxygens (including phenoxy) is 1. The monoisotopic (exact) mass is 460 g/mol. The number of aliphatic hydroxyl groups excluding tert-OH is 1. The van der Waals surface area contributed by atoms with Gasteiger partial charge in [0.05, 0.1) is 18.2 Å². The second-order valence-electron chi connectivity index (χ2n) is 8.09. The first kappa shape index (κ1) is 23.0. The molecule has 0 bridgehead atoms. The number of carbonyl (C=O) groups excluding carboxylic acids is 2. The molecular formula is C27H25FN2O4. The first-order valence-electron chi connectivity index (χ1n) is 10.9. The Hall–Kier alpha value is -4.13. The molecule has 1 atom stereocenters. The van der Waals surface area contributed by atoms with Crippen LogP contribution in [0.25, 0.3) is 5.76 Å². The largest absolute Gasteiger partial charge is 0.507 e. The van der Waals surface area contributed by atoms with Gasteiger partial charge in [0.25, 0.3) is 11.7 Å². The molecule has 1 unspecified atom stereocenters. The van der Waals surface area contributed by atoms with Crippen LogP contribution in [0.5, 0.6) is 5.75 Å². The molecule has 1 heterocycles. The molecule has 6 nitrogen and oxygen atoms in total. The minimum Gasteiger partial charge on any atom is -0.507 e. The maximum absolute atomic E-state index is 13.5. The first-order valence-corrected chi connectivity index (χ1v) is 10.9. The molecular weight excluding hydrogens is 435 g/mol. The summed E-state index contributed by atoms with van der Waals surface area (Å²) < 4.78 is 19.1. The number of aliphatic hydroxyl groups is 1. The molecule has 0 aliphatic carbocycles. The van der Waals surface area contributed by atoms with Crippen molar-refractivity contribution in [3.05, 3.63) is 95.3 Å². The van der Waals surface area contributed by atoms with E-state index in [0.29, 0.717) is 23.6 Å². The Balaban J connectivity index is 1.91. The number of carbonyl (C=O) groups is 2. The highest BCUT2D eigenvalue weighted by atomic mass is 19.1. The maximum Gasteiger partial charge on any atom is 0.300 e. The van der Waals surface area contributed by atoms with Crippen molar-refractivity contribution in [3.63, 3.8) is 0 Å². The van der Waals surface area contributed by atoms with Crippen LogP contribution in [0, 0.1) is 5.82 Å². The molecule has 1 aliphatic heterocycles. The van der Waals surface area contributed by atoms with Gasteiger partial charge in [-0.25, -0.2) is 4.39 Å². The van der Waals surface area contributed by atoms with Gasteiger partial charge in [-0.15, -0.1) is 0 Å². The summed E-state index contributed by atoms with van der Waals surface area (Å²) in [7, 11) is 3.81. The van der Waals surface area contributed by atoms with Crippen LogP contribution in [0.3, 0.4) is 0 Å². The molecule has 1 fully saturated rings. The van der Waals surface area contributed by atoms with Gasteiger partial charge in [-0.2, -0.15) is 0 Å². The molecule has 0 spiro atoms. The van der Waals surface area contributed by atoms with Crippen molar-refractivity contribution in [3.8, 4) is 5.75 Å². The van der Waals surface area contributed by atoms with E-state index in [1.165, 1.54) is 29.2 Å². The van der Waals surface area contributed by atoms with Gasteiger partial charge in [0.2, 0.25) is 0 Å². The third-order valence-corrected chi connectivity index (χ3v) is 5.69. The summed E-state index contributed by atoms with van der Waals surface area (Å²) in [6, 6.07) is 18.5. The zero-order chi connectivity index (χ0) is 24.4. The average Bonchev–Trinajstić information content (AvgIpc) is 3.10. The fourth-order valence-corrected chi connectivity index (χ4v) is 4.03. The number of benzene rings is 3. The van der Waals surface area contributed by atoms with Gasteiger partial charge in [0.1, 0.15) is 17.3 Å². The quantitative estimate of drug-likeness (QED) is 0.321. The lowest BCUT2D eigenvalue weighted by molar-refractivity contribution is -0.132. The van der Waals surface area contributed by atoms with Crippen molar-refractivity contribution in [2.24, 2.45) is 0 Å². The van der Waals surface area contributed by atoms with Crippen molar-refractivity contribution >= 4 is 28.8 Å². The Morgan fingerprint density at radius 1 is 1.03 bits per heavy atom. The van der Waals surface area contributed by atoms with Crippen molar-refractivity contribution < 1.29 is 23.8 Å². The van der Waals surface area contributed by atoms with E-state index in [2.05, 4.69) is 0 Å². The van der Waals surface area contributed by atoms with Crippen molar-refractivity contribution in [2.75, 3.05) is 30.5 Å². The summed E-state index contributed by atoms with van der Waals surface area (Å²) in [4.78, 5) is 29.8. The fraction of sp³-hybridized carbons (Fsp3) is 0.185. The van der Waals surface area contributed by atoms with Crippen molar-refractivity contribution in [2.45, 2.75) is 13.0 Å². The van der Waals surface area contributed by atoms with Crippen LogP contribution >= 0.6 is 0 Å². The highest BCUT2D eigenvalue weighted by Gasteiger charge is 2.47. The Bertz CT molecular complexity index is 1250. The zero-order valence-corrected chi connectivity index (χ0v) is 19.2. The third-order valence-electron chi connectivity index (χ3n) is 5.69. The topological polar surface area (TPSA) is 70.1 Å². The summed E-state index contributed by atoms with van der Waals surface area (Å²) in [5.41, 5.74) is 2.22. The summed E-state index contributed by atoms with van der Waals surface area (Å²) in [6.07, 6.45) is 0. The molecule has 1 N–H and O–H groups in total. The van der Waals surface area contributed by atoms with E-state index >= 15 is 0 Å². The minimum atomic E-state index is -0.893. The molecule has 34 heavy (non-hydrogen) atoms. The van der Waals surface area contributed by atoms with Crippen LogP contribution in [0.1, 0.15) is 24.1 Å². The Kier molecular flexibility index (Phi) is 6.36. The Labute approximate surface area is 197 Å². The van der Waals surface area contributed by atoms with Crippen LogP contribution in [-0.4, -0.2) is 37.5 Å². The van der Waals surface area contributed by atoms with Crippen LogP contribution in [0.15, 0.2) is 78.4 Å². The van der Waals surface area contributed by atoms with Gasteiger partial charge in [-0.3, -0.25) is 14.5 Å². The van der Waals surface area contributed by atoms with Gasteiger partial charge >= 0.3 is 0 Å². The lowest BCUT2D eigenvalue weighted by atomic mass is 9.95. The molecule has 0 aromatic heterocycles. The number of Topliss-reactive ketones (excluding diaryl/α,β-unsaturated/α-hetero) is 1. The predicted molar refractivity (Wildman–Crippen MR) is 130 cm³/mol. The van der Waals surface area contributed by atoms with Gasteiger partial charge in [0, 0.05) is 31.0 Å². The Morgan fingerprint density at radius 2 is 1.71 bits per heavy atom. The normalized spacial score (nSPS) is 17.2. The number of hydrogen-bond donors (Lipinski definition) is 1. The third kappa shape index (κ3) is 4.24. The minimum absolute atomic E-state index is 0.0676. The number of anilines is 2. The molecule has 0 radical (unpaired) electrons. The molecule has 0 saturated carbocycles. The van der Waals surface area contributed by atoms with Crippen molar-refractivity contribution in [1.82, 2.24) is 0 Å². The highest BCUT2D eigenvalue weighted by molar-refractivity contribution is 6.51. The molecule has 4 rings (SSSR count). The first-order chi connectivity index (χ1) is 16.3. The summed E-state index contributed by atoms with van der Waals surface area (Å²) in [5, 5.41) is 11.1. The van der Waals surface area contributed by atoms with Crippen LogP contribution in [0.4, 0.5) is 15.8 Å². The van der Waals surface area contributed by atoms with Gasteiger partial charge in [-0.05, 0) is 73.2 Å². The van der Waals surface area contributed by atoms with Gasteiger partial charge in [0.15, 0.2) is 0 Å². The lowest BCUT2D eigenvalue weighted by Gasteiger charge is -2.26. The summed E-state index contributed by atoms with van der Waals surface area (Å²) in [6.45, 7) is 2.31.